The van der Waals surface area contributed by atoms with Gasteiger partial charge in [-0.15, -0.1) is 0 Å². The van der Waals surface area contributed by atoms with Gasteiger partial charge in [0.15, 0.2) is 0 Å². The highest BCUT2D eigenvalue weighted by Crippen LogP contribution is 2.38. The van der Waals surface area contributed by atoms with Crippen molar-refractivity contribution in [3.05, 3.63) is 17.0 Å². The molecule has 0 saturated heterocycles. The number of nitrogens with two attached hydrogens (primary N) is 1. The van der Waals surface area contributed by atoms with Crippen LogP contribution < -0.4 is 11.3 Å². The third-order valence-corrected chi connectivity index (χ3v) is 4.59. The zero-order chi connectivity index (χ0) is 13.3. The molecule has 0 radical (unpaired) electrons. The highest BCUT2D eigenvalue weighted by atomic mass is 15.3. The zero-order valence-electron chi connectivity index (χ0n) is 12.0. The number of aromatic nitrogens is 2. The molecule has 1 heterocycles. The molecule has 1 aromatic heterocycles. The van der Waals surface area contributed by atoms with Crippen molar-refractivity contribution in [1.29, 1.82) is 0 Å². The van der Waals surface area contributed by atoms with Crippen LogP contribution >= 0.6 is 0 Å². The predicted molar refractivity (Wildman–Crippen MR) is 73.9 cm³/mol. The van der Waals surface area contributed by atoms with Crippen LogP contribution in [-0.2, 0) is 7.05 Å². The van der Waals surface area contributed by atoms with E-state index in [4.69, 9.17) is 5.84 Å². The first kappa shape index (κ1) is 13.6. The SMILES string of the molecule is Cc1nn(C)c(C)c1C(NN)C1CCC(C)CC1. The molecule has 3 N–H and O–H groups in total. The van der Waals surface area contributed by atoms with Crippen LogP contribution in [0.5, 0.6) is 0 Å². The Morgan fingerprint density at radius 2 is 1.89 bits per heavy atom. The summed E-state index contributed by atoms with van der Waals surface area (Å²) in [5.41, 5.74) is 6.69. The van der Waals surface area contributed by atoms with Gasteiger partial charge in [0.25, 0.3) is 0 Å². The Labute approximate surface area is 110 Å². The minimum absolute atomic E-state index is 0.256. The summed E-state index contributed by atoms with van der Waals surface area (Å²) in [7, 11) is 2.00. The Morgan fingerprint density at radius 1 is 1.28 bits per heavy atom. The van der Waals surface area contributed by atoms with Gasteiger partial charge in [-0.25, -0.2) is 0 Å². The quantitative estimate of drug-likeness (QED) is 0.639. The molecule has 1 saturated carbocycles. The fourth-order valence-corrected chi connectivity index (χ4v) is 3.31. The number of hydrazine groups is 1. The number of rotatable bonds is 3. The average molecular weight is 250 g/mol. The summed E-state index contributed by atoms with van der Waals surface area (Å²) in [6.45, 7) is 6.56. The molecule has 102 valence electrons. The van der Waals surface area contributed by atoms with Crippen LogP contribution in [0, 0.1) is 25.7 Å². The van der Waals surface area contributed by atoms with E-state index in [0.717, 1.165) is 11.6 Å². The second-order valence-electron chi connectivity index (χ2n) is 5.87. The lowest BCUT2D eigenvalue weighted by molar-refractivity contribution is 0.231. The van der Waals surface area contributed by atoms with Gasteiger partial charge in [-0.3, -0.25) is 16.0 Å². The maximum absolute atomic E-state index is 5.83. The molecule has 1 aliphatic rings. The third kappa shape index (κ3) is 2.45. The van der Waals surface area contributed by atoms with Gasteiger partial charge in [-0.1, -0.05) is 19.8 Å². The summed E-state index contributed by atoms with van der Waals surface area (Å²) < 4.78 is 1.96. The lowest BCUT2D eigenvalue weighted by atomic mass is 9.77. The van der Waals surface area contributed by atoms with Crippen molar-refractivity contribution in [1.82, 2.24) is 15.2 Å². The summed E-state index contributed by atoms with van der Waals surface area (Å²) >= 11 is 0. The third-order valence-electron chi connectivity index (χ3n) is 4.59. The topological polar surface area (TPSA) is 55.9 Å². The summed E-state index contributed by atoms with van der Waals surface area (Å²) in [5.74, 6) is 7.35. The summed E-state index contributed by atoms with van der Waals surface area (Å²) in [4.78, 5) is 0. The van der Waals surface area contributed by atoms with E-state index in [1.807, 2.05) is 11.7 Å². The Morgan fingerprint density at radius 3 is 2.33 bits per heavy atom. The van der Waals surface area contributed by atoms with E-state index in [0.29, 0.717) is 5.92 Å². The van der Waals surface area contributed by atoms with Gasteiger partial charge in [-0.05, 0) is 38.5 Å². The normalized spacial score (nSPS) is 26.3. The van der Waals surface area contributed by atoms with Gasteiger partial charge in [0, 0.05) is 18.3 Å². The molecule has 18 heavy (non-hydrogen) atoms. The molecule has 1 aliphatic carbocycles. The molecule has 1 unspecified atom stereocenters. The minimum atomic E-state index is 0.256. The van der Waals surface area contributed by atoms with Gasteiger partial charge in [0.1, 0.15) is 0 Å². The molecule has 0 aromatic carbocycles. The number of hydrogen-bond donors (Lipinski definition) is 2. The van der Waals surface area contributed by atoms with Gasteiger partial charge in [0.05, 0.1) is 11.7 Å². The van der Waals surface area contributed by atoms with Gasteiger partial charge < -0.3 is 0 Å². The van der Waals surface area contributed by atoms with Crippen molar-refractivity contribution >= 4 is 0 Å². The number of aryl methyl sites for hydroxylation is 2. The van der Waals surface area contributed by atoms with Crippen molar-refractivity contribution in [3.63, 3.8) is 0 Å². The fourth-order valence-electron chi connectivity index (χ4n) is 3.31. The molecule has 0 spiro atoms. The molecule has 4 nitrogen and oxygen atoms in total. The summed E-state index contributed by atoms with van der Waals surface area (Å²) in [6.07, 6.45) is 5.18. The van der Waals surface area contributed by atoms with Crippen LogP contribution in [0.15, 0.2) is 0 Å². The molecule has 1 atom stereocenters. The standard InChI is InChI=1S/C14H26N4/c1-9-5-7-12(8-6-9)14(16-15)13-10(2)17-18(4)11(13)3/h9,12,14,16H,5-8,15H2,1-4H3. The molecule has 1 aromatic rings. The lowest BCUT2D eigenvalue weighted by Gasteiger charge is -2.32. The van der Waals surface area contributed by atoms with E-state index in [-0.39, 0.29) is 6.04 Å². The molecule has 4 heteroatoms. The van der Waals surface area contributed by atoms with E-state index in [1.54, 1.807) is 0 Å². The lowest BCUT2D eigenvalue weighted by Crippen LogP contribution is -2.35. The van der Waals surface area contributed by atoms with Crippen LogP contribution in [0.25, 0.3) is 0 Å². The number of nitrogens with one attached hydrogen (secondary N) is 1. The van der Waals surface area contributed by atoms with Crippen LogP contribution in [0.2, 0.25) is 0 Å². The van der Waals surface area contributed by atoms with E-state index >= 15 is 0 Å². The minimum Gasteiger partial charge on any atom is -0.272 e. The second kappa shape index (κ2) is 5.41. The molecular formula is C14H26N4. The van der Waals surface area contributed by atoms with Crippen molar-refractivity contribution in [2.75, 3.05) is 0 Å². The molecule has 0 aliphatic heterocycles. The average Bonchev–Trinajstić information content (AvgIpc) is 2.59. The molecular weight excluding hydrogens is 224 g/mol. The van der Waals surface area contributed by atoms with Crippen LogP contribution in [-0.4, -0.2) is 9.78 Å². The van der Waals surface area contributed by atoms with E-state index in [1.165, 1.54) is 36.9 Å². The molecule has 0 amide bonds. The maximum atomic E-state index is 5.83. The van der Waals surface area contributed by atoms with Gasteiger partial charge >= 0.3 is 0 Å². The van der Waals surface area contributed by atoms with Crippen molar-refractivity contribution in [2.45, 2.75) is 52.5 Å². The van der Waals surface area contributed by atoms with Crippen LogP contribution in [0.1, 0.15) is 55.6 Å². The van der Waals surface area contributed by atoms with E-state index < -0.39 is 0 Å². The first-order valence-corrected chi connectivity index (χ1v) is 7.00. The fraction of sp³-hybridized carbons (Fsp3) is 0.786. The Kier molecular flexibility index (Phi) is 4.07. The molecule has 2 rings (SSSR count). The molecule has 1 fully saturated rings. The van der Waals surface area contributed by atoms with Crippen LogP contribution in [0.3, 0.4) is 0 Å². The maximum Gasteiger partial charge on any atom is 0.0644 e. The monoisotopic (exact) mass is 250 g/mol. The van der Waals surface area contributed by atoms with E-state index in [9.17, 15) is 0 Å². The Bertz CT molecular complexity index is 402. The smallest absolute Gasteiger partial charge is 0.0644 e. The van der Waals surface area contributed by atoms with Crippen LogP contribution in [0.4, 0.5) is 0 Å². The van der Waals surface area contributed by atoms with E-state index in [2.05, 4.69) is 31.3 Å². The Hall–Kier alpha value is -0.870. The zero-order valence-corrected chi connectivity index (χ0v) is 12.0. The molecule has 0 bridgehead atoms. The van der Waals surface area contributed by atoms with Gasteiger partial charge in [0.2, 0.25) is 0 Å². The predicted octanol–water partition coefficient (Wildman–Crippen LogP) is 2.37. The largest absolute Gasteiger partial charge is 0.272 e. The number of hydrogen-bond acceptors (Lipinski definition) is 3. The first-order chi connectivity index (χ1) is 8.54. The summed E-state index contributed by atoms with van der Waals surface area (Å²) in [6, 6.07) is 0.256. The second-order valence-corrected chi connectivity index (χ2v) is 5.87. The Balaban J connectivity index is 2.22. The summed E-state index contributed by atoms with van der Waals surface area (Å²) in [5, 5.41) is 4.51. The van der Waals surface area contributed by atoms with Crippen molar-refractivity contribution < 1.29 is 0 Å². The number of nitrogens with zero attached hydrogens (tertiary/aromatic N) is 2. The van der Waals surface area contributed by atoms with Crippen molar-refractivity contribution in [3.8, 4) is 0 Å². The van der Waals surface area contributed by atoms with Crippen molar-refractivity contribution in [2.24, 2.45) is 24.7 Å². The first-order valence-electron chi connectivity index (χ1n) is 7.00. The van der Waals surface area contributed by atoms with Gasteiger partial charge in [-0.2, -0.15) is 5.10 Å². The highest BCUT2D eigenvalue weighted by Gasteiger charge is 2.29. The highest BCUT2D eigenvalue weighted by molar-refractivity contribution is 5.28.